The number of methoxy groups -OCH3 is 1. The van der Waals surface area contributed by atoms with E-state index >= 15 is 0 Å². The number of benzene rings is 1. The molecule has 180 valence electrons. The molecule has 0 radical (unpaired) electrons. The lowest BCUT2D eigenvalue weighted by Crippen LogP contribution is -2.39. The normalized spacial score (nSPS) is 12.0. The standard InChI is InChI=1S/C26H42N2O4/c1-7-8-9-10-11-12-17-31-24-20(2)18-21(19-23(24)30-6)13-14-22(15-16-27)28-25(29)32-26(3,4)5/h18-19,22H,7-15,17H2,1-6H3,(H,28,29)/t22-/m1/s1. The molecule has 1 aromatic carbocycles. The van der Waals surface area contributed by atoms with E-state index in [2.05, 4.69) is 24.4 Å². The predicted molar refractivity (Wildman–Crippen MR) is 128 cm³/mol. The first-order valence-electron chi connectivity index (χ1n) is 11.9. The molecule has 1 amide bonds. The molecule has 6 heteroatoms. The van der Waals surface area contributed by atoms with Gasteiger partial charge in [-0.05, 0) is 64.2 Å². The number of rotatable bonds is 14. The maximum Gasteiger partial charge on any atom is 0.407 e. The summed E-state index contributed by atoms with van der Waals surface area (Å²) < 4.78 is 16.9. The van der Waals surface area contributed by atoms with E-state index in [4.69, 9.17) is 19.5 Å². The van der Waals surface area contributed by atoms with Crippen molar-refractivity contribution >= 4 is 6.09 Å². The van der Waals surface area contributed by atoms with E-state index in [1.807, 2.05) is 33.8 Å². The van der Waals surface area contributed by atoms with Crippen LogP contribution in [0.25, 0.3) is 0 Å². The first-order chi connectivity index (χ1) is 15.2. The van der Waals surface area contributed by atoms with Gasteiger partial charge in [0.25, 0.3) is 0 Å². The summed E-state index contributed by atoms with van der Waals surface area (Å²) >= 11 is 0. The number of aryl methyl sites for hydroxylation is 2. The Labute approximate surface area is 194 Å². The number of unbranched alkanes of at least 4 members (excludes halogenated alkanes) is 5. The van der Waals surface area contributed by atoms with Crippen molar-refractivity contribution in [1.82, 2.24) is 5.32 Å². The lowest BCUT2D eigenvalue weighted by Gasteiger charge is -2.23. The van der Waals surface area contributed by atoms with Crippen LogP contribution in [0.4, 0.5) is 4.79 Å². The molecule has 0 aromatic heterocycles. The third-order valence-electron chi connectivity index (χ3n) is 5.10. The lowest BCUT2D eigenvalue weighted by atomic mass is 10.0. The average Bonchev–Trinajstić information content (AvgIpc) is 2.71. The molecule has 0 aliphatic heterocycles. The van der Waals surface area contributed by atoms with E-state index in [1.165, 1.54) is 32.1 Å². The summed E-state index contributed by atoms with van der Waals surface area (Å²) in [5.41, 5.74) is 1.54. The smallest absolute Gasteiger partial charge is 0.407 e. The zero-order valence-corrected chi connectivity index (χ0v) is 20.9. The molecule has 0 aliphatic rings. The van der Waals surface area contributed by atoms with Gasteiger partial charge in [0.05, 0.1) is 26.2 Å². The second-order valence-corrected chi connectivity index (χ2v) is 9.30. The van der Waals surface area contributed by atoms with Gasteiger partial charge in [-0.2, -0.15) is 5.26 Å². The SMILES string of the molecule is CCCCCCCCOc1c(C)cc(CC[C@H](CC#N)NC(=O)OC(C)(C)C)cc1OC. The molecular weight excluding hydrogens is 404 g/mol. The highest BCUT2D eigenvalue weighted by atomic mass is 16.6. The molecular formula is C26H42N2O4. The summed E-state index contributed by atoms with van der Waals surface area (Å²) in [5.74, 6) is 1.52. The highest BCUT2D eigenvalue weighted by Crippen LogP contribution is 2.33. The third-order valence-corrected chi connectivity index (χ3v) is 5.10. The van der Waals surface area contributed by atoms with Crippen LogP contribution in [0, 0.1) is 18.3 Å². The molecule has 0 unspecified atom stereocenters. The van der Waals surface area contributed by atoms with Crippen LogP contribution in [0.15, 0.2) is 12.1 Å². The molecule has 0 bridgehead atoms. The number of nitrogens with zero attached hydrogens (tertiary/aromatic N) is 1. The maximum atomic E-state index is 12.1. The summed E-state index contributed by atoms with van der Waals surface area (Å²) in [6.45, 7) is 10.4. The summed E-state index contributed by atoms with van der Waals surface area (Å²) in [4.78, 5) is 12.1. The van der Waals surface area contributed by atoms with E-state index in [-0.39, 0.29) is 12.5 Å². The molecule has 1 atom stereocenters. The van der Waals surface area contributed by atoms with Gasteiger partial charge in [0.2, 0.25) is 0 Å². The second-order valence-electron chi connectivity index (χ2n) is 9.30. The van der Waals surface area contributed by atoms with Crippen molar-refractivity contribution in [3.8, 4) is 17.6 Å². The Bertz CT molecular complexity index is 735. The Morgan fingerprint density at radius 3 is 2.47 bits per heavy atom. The van der Waals surface area contributed by atoms with E-state index in [9.17, 15) is 4.79 Å². The first-order valence-corrected chi connectivity index (χ1v) is 11.9. The van der Waals surface area contributed by atoms with Crippen molar-refractivity contribution in [1.29, 1.82) is 5.26 Å². The number of nitriles is 1. The van der Waals surface area contributed by atoms with Gasteiger partial charge in [0, 0.05) is 6.04 Å². The third kappa shape index (κ3) is 11.3. The van der Waals surface area contributed by atoms with Gasteiger partial charge in [0.15, 0.2) is 11.5 Å². The Balaban J connectivity index is 2.65. The molecule has 1 rings (SSSR count). The molecule has 0 aliphatic carbocycles. The number of hydrogen-bond acceptors (Lipinski definition) is 5. The lowest BCUT2D eigenvalue weighted by molar-refractivity contribution is 0.0503. The number of ether oxygens (including phenoxy) is 3. The number of nitrogens with one attached hydrogen (secondary N) is 1. The number of carbonyl (C=O) groups excluding carboxylic acids is 1. The minimum atomic E-state index is -0.572. The van der Waals surface area contributed by atoms with Crippen LogP contribution in [0.5, 0.6) is 11.5 Å². The van der Waals surface area contributed by atoms with Crippen molar-refractivity contribution in [2.24, 2.45) is 0 Å². The zero-order chi connectivity index (χ0) is 24.0. The van der Waals surface area contributed by atoms with Gasteiger partial charge in [-0.25, -0.2) is 4.79 Å². The fourth-order valence-electron chi connectivity index (χ4n) is 3.50. The van der Waals surface area contributed by atoms with E-state index in [0.717, 1.165) is 29.0 Å². The van der Waals surface area contributed by atoms with Gasteiger partial charge < -0.3 is 19.5 Å². The highest BCUT2D eigenvalue weighted by Gasteiger charge is 2.20. The fourth-order valence-corrected chi connectivity index (χ4v) is 3.50. The monoisotopic (exact) mass is 446 g/mol. The van der Waals surface area contributed by atoms with Crippen molar-refractivity contribution in [3.63, 3.8) is 0 Å². The van der Waals surface area contributed by atoms with Gasteiger partial charge in [-0.3, -0.25) is 0 Å². The largest absolute Gasteiger partial charge is 0.493 e. The number of alkyl carbamates (subject to hydrolysis) is 1. The average molecular weight is 447 g/mol. The molecule has 1 N–H and O–H groups in total. The summed E-state index contributed by atoms with van der Waals surface area (Å²) in [5, 5.41) is 11.9. The Morgan fingerprint density at radius 1 is 1.16 bits per heavy atom. The number of hydrogen-bond donors (Lipinski definition) is 1. The van der Waals surface area contributed by atoms with E-state index in [1.54, 1.807) is 7.11 Å². The van der Waals surface area contributed by atoms with Crippen molar-refractivity contribution in [3.05, 3.63) is 23.3 Å². The highest BCUT2D eigenvalue weighted by molar-refractivity contribution is 5.68. The maximum absolute atomic E-state index is 12.1. The quantitative estimate of drug-likeness (QED) is 0.331. The molecule has 0 heterocycles. The summed E-state index contributed by atoms with van der Waals surface area (Å²) in [7, 11) is 1.65. The molecule has 0 saturated heterocycles. The predicted octanol–water partition coefficient (Wildman–Crippen LogP) is 6.48. The molecule has 1 aromatic rings. The second kappa shape index (κ2) is 14.6. The summed E-state index contributed by atoms with van der Waals surface area (Å²) in [6, 6.07) is 5.95. The van der Waals surface area contributed by atoms with E-state index < -0.39 is 11.7 Å². The van der Waals surface area contributed by atoms with Crippen LogP contribution in [-0.2, 0) is 11.2 Å². The van der Waals surface area contributed by atoms with Gasteiger partial charge >= 0.3 is 6.09 Å². The minimum Gasteiger partial charge on any atom is -0.493 e. The van der Waals surface area contributed by atoms with Crippen LogP contribution in [0.2, 0.25) is 0 Å². The van der Waals surface area contributed by atoms with Crippen molar-refractivity contribution in [2.75, 3.05) is 13.7 Å². The van der Waals surface area contributed by atoms with Crippen LogP contribution >= 0.6 is 0 Å². The van der Waals surface area contributed by atoms with Crippen LogP contribution in [0.3, 0.4) is 0 Å². The van der Waals surface area contributed by atoms with Crippen molar-refractivity contribution < 1.29 is 19.0 Å². The van der Waals surface area contributed by atoms with Crippen LogP contribution in [-0.4, -0.2) is 31.5 Å². The topological polar surface area (TPSA) is 80.6 Å². The minimum absolute atomic E-state index is 0.231. The zero-order valence-electron chi connectivity index (χ0n) is 20.9. The molecule has 0 fully saturated rings. The van der Waals surface area contributed by atoms with Gasteiger partial charge in [0.1, 0.15) is 5.60 Å². The molecule has 0 saturated carbocycles. The van der Waals surface area contributed by atoms with Gasteiger partial charge in [-0.15, -0.1) is 0 Å². The molecule has 0 spiro atoms. The molecule has 6 nitrogen and oxygen atoms in total. The van der Waals surface area contributed by atoms with Gasteiger partial charge in [-0.1, -0.05) is 45.1 Å². The van der Waals surface area contributed by atoms with Crippen LogP contribution < -0.4 is 14.8 Å². The van der Waals surface area contributed by atoms with Crippen LogP contribution in [0.1, 0.15) is 90.2 Å². The fraction of sp³-hybridized carbons (Fsp3) is 0.692. The number of amides is 1. The van der Waals surface area contributed by atoms with E-state index in [0.29, 0.717) is 19.4 Å². The Kier molecular flexibility index (Phi) is 12.6. The first kappa shape index (κ1) is 27.6. The summed E-state index contributed by atoms with van der Waals surface area (Å²) in [6.07, 6.45) is 8.41. The van der Waals surface area contributed by atoms with Crippen molar-refractivity contribution in [2.45, 2.75) is 104 Å². The Morgan fingerprint density at radius 2 is 1.84 bits per heavy atom. The number of carbonyl (C=O) groups is 1. The molecule has 32 heavy (non-hydrogen) atoms. The Hall–Kier alpha value is -2.42.